The molecule has 1 fully saturated rings. The van der Waals surface area contributed by atoms with Crippen molar-refractivity contribution in [2.75, 3.05) is 14.2 Å². The van der Waals surface area contributed by atoms with E-state index in [1.165, 1.54) is 12.8 Å². The van der Waals surface area contributed by atoms with Crippen LogP contribution >= 0.6 is 0 Å². The molecule has 2 atom stereocenters. The predicted molar refractivity (Wildman–Crippen MR) is 78.4 cm³/mol. The second-order valence-corrected chi connectivity index (χ2v) is 5.54. The van der Waals surface area contributed by atoms with Crippen LogP contribution in [0.2, 0.25) is 0 Å². The van der Waals surface area contributed by atoms with Crippen molar-refractivity contribution in [3.05, 3.63) is 23.8 Å². The molecule has 1 aromatic carbocycles. The summed E-state index contributed by atoms with van der Waals surface area (Å²) in [5.74, 6) is 1.90. The van der Waals surface area contributed by atoms with E-state index in [2.05, 4.69) is 12.2 Å². The quantitative estimate of drug-likeness (QED) is 0.920. The Labute approximate surface area is 120 Å². The zero-order valence-corrected chi connectivity index (χ0v) is 12.4. The molecule has 2 unspecified atom stereocenters. The van der Waals surface area contributed by atoms with E-state index in [-0.39, 0.29) is 11.9 Å². The smallest absolute Gasteiger partial charge is 0.251 e. The summed E-state index contributed by atoms with van der Waals surface area (Å²) < 4.78 is 10.4. The first kappa shape index (κ1) is 14.7. The maximum atomic E-state index is 12.3. The maximum Gasteiger partial charge on any atom is 0.251 e. The third-order valence-corrected chi connectivity index (χ3v) is 3.89. The summed E-state index contributed by atoms with van der Waals surface area (Å²) in [6.07, 6.45) is 4.58. The highest BCUT2D eigenvalue weighted by molar-refractivity contribution is 5.95. The molecule has 110 valence electrons. The fraction of sp³-hybridized carbons (Fsp3) is 0.562. The molecule has 1 N–H and O–H groups in total. The summed E-state index contributed by atoms with van der Waals surface area (Å²) in [6.45, 7) is 2.24. The molecule has 20 heavy (non-hydrogen) atoms. The Bertz CT molecular complexity index is 451. The molecule has 1 aliphatic rings. The number of ether oxygens (including phenoxy) is 2. The van der Waals surface area contributed by atoms with Gasteiger partial charge in [0.05, 0.1) is 14.2 Å². The molecule has 0 bridgehead atoms. The van der Waals surface area contributed by atoms with Gasteiger partial charge in [-0.25, -0.2) is 0 Å². The van der Waals surface area contributed by atoms with Crippen LogP contribution in [0, 0.1) is 5.92 Å². The van der Waals surface area contributed by atoms with Crippen molar-refractivity contribution in [3.8, 4) is 11.5 Å². The molecule has 1 aliphatic carbocycles. The van der Waals surface area contributed by atoms with Crippen LogP contribution in [0.1, 0.15) is 43.0 Å². The van der Waals surface area contributed by atoms with Crippen molar-refractivity contribution >= 4 is 5.91 Å². The lowest BCUT2D eigenvalue weighted by atomic mass is 9.87. The van der Waals surface area contributed by atoms with Crippen molar-refractivity contribution in [1.29, 1.82) is 0 Å². The van der Waals surface area contributed by atoms with E-state index in [0.717, 1.165) is 12.8 Å². The number of carbonyl (C=O) groups excluding carboxylic acids is 1. The van der Waals surface area contributed by atoms with Crippen molar-refractivity contribution < 1.29 is 14.3 Å². The molecular weight excluding hydrogens is 254 g/mol. The van der Waals surface area contributed by atoms with Gasteiger partial charge in [0.1, 0.15) is 11.5 Å². The van der Waals surface area contributed by atoms with Crippen LogP contribution in [0.5, 0.6) is 11.5 Å². The van der Waals surface area contributed by atoms with Gasteiger partial charge in [-0.1, -0.05) is 19.8 Å². The average Bonchev–Trinajstić information content (AvgIpc) is 2.46. The van der Waals surface area contributed by atoms with E-state index in [0.29, 0.717) is 23.0 Å². The first-order chi connectivity index (χ1) is 9.62. The SMILES string of the molecule is COc1cc(OC)cc(C(=O)NC2CCCC(C)C2)c1. The van der Waals surface area contributed by atoms with Crippen molar-refractivity contribution in [3.63, 3.8) is 0 Å². The lowest BCUT2D eigenvalue weighted by Gasteiger charge is -2.27. The van der Waals surface area contributed by atoms with E-state index in [4.69, 9.17) is 9.47 Å². The standard InChI is InChI=1S/C16H23NO3/c1-11-5-4-6-13(7-11)17-16(18)12-8-14(19-2)10-15(9-12)20-3/h8-11,13H,4-7H2,1-3H3,(H,17,18). The minimum atomic E-state index is -0.0544. The summed E-state index contributed by atoms with van der Waals surface area (Å²) in [5.41, 5.74) is 0.583. The van der Waals surface area contributed by atoms with Crippen LogP contribution in [0.3, 0.4) is 0 Å². The number of nitrogens with one attached hydrogen (secondary N) is 1. The Morgan fingerprint density at radius 3 is 2.35 bits per heavy atom. The summed E-state index contributed by atoms with van der Waals surface area (Å²) in [4.78, 5) is 12.3. The zero-order valence-electron chi connectivity index (χ0n) is 12.4. The Balaban J connectivity index is 2.08. The van der Waals surface area contributed by atoms with Crippen LogP contribution in [-0.2, 0) is 0 Å². The van der Waals surface area contributed by atoms with Crippen molar-refractivity contribution in [2.45, 2.75) is 38.6 Å². The molecule has 1 saturated carbocycles. The van der Waals surface area contributed by atoms with Gasteiger partial charge in [0.15, 0.2) is 0 Å². The van der Waals surface area contributed by atoms with Crippen molar-refractivity contribution in [2.24, 2.45) is 5.92 Å². The van der Waals surface area contributed by atoms with E-state index in [1.807, 2.05) is 0 Å². The number of rotatable bonds is 4. The summed E-state index contributed by atoms with van der Waals surface area (Å²) >= 11 is 0. The molecule has 2 rings (SSSR count). The number of amides is 1. The van der Waals surface area contributed by atoms with Crippen LogP contribution < -0.4 is 14.8 Å². The number of carbonyl (C=O) groups is 1. The van der Waals surface area contributed by atoms with Crippen LogP contribution in [0.15, 0.2) is 18.2 Å². The second-order valence-electron chi connectivity index (χ2n) is 5.54. The Hall–Kier alpha value is -1.71. The molecule has 0 aromatic heterocycles. The second kappa shape index (κ2) is 6.64. The van der Waals surface area contributed by atoms with Crippen LogP contribution in [-0.4, -0.2) is 26.2 Å². The molecule has 4 heteroatoms. The van der Waals surface area contributed by atoms with Crippen molar-refractivity contribution in [1.82, 2.24) is 5.32 Å². The Kier molecular flexibility index (Phi) is 4.88. The highest BCUT2D eigenvalue weighted by Crippen LogP contribution is 2.25. The topological polar surface area (TPSA) is 47.6 Å². The zero-order chi connectivity index (χ0) is 14.5. The van der Waals surface area contributed by atoms with Gasteiger partial charge < -0.3 is 14.8 Å². The van der Waals surface area contributed by atoms with Gasteiger partial charge >= 0.3 is 0 Å². The third kappa shape index (κ3) is 3.65. The monoisotopic (exact) mass is 277 g/mol. The van der Waals surface area contributed by atoms with Gasteiger partial charge in [0.2, 0.25) is 0 Å². The number of hydrogen-bond acceptors (Lipinski definition) is 3. The molecular formula is C16H23NO3. The molecule has 0 heterocycles. The molecule has 0 radical (unpaired) electrons. The van der Waals surface area contributed by atoms with Gasteiger partial charge in [-0.15, -0.1) is 0 Å². The Morgan fingerprint density at radius 2 is 1.80 bits per heavy atom. The molecule has 1 amide bonds. The minimum absolute atomic E-state index is 0.0544. The highest BCUT2D eigenvalue weighted by Gasteiger charge is 2.21. The van der Waals surface area contributed by atoms with Gasteiger partial charge in [-0.3, -0.25) is 4.79 Å². The number of benzene rings is 1. The largest absolute Gasteiger partial charge is 0.497 e. The van der Waals surface area contributed by atoms with E-state index < -0.39 is 0 Å². The average molecular weight is 277 g/mol. The van der Waals surface area contributed by atoms with Crippen LogP contribution in [0.4, 0.5) is 0 Å². The number of hydrogen-bond donors (Lipinski definition) is 1. The summed E-state index contributed by atoms with van der Waals surface area (Å²) in [6, 6.07) is 5.52. The first-order valence-corrected chi connectivity index (χ1v) is 7.16. The third-order valence-electron chi connectivity index (χ3n) is 3.89. The molecule has 0 saturated heterocycles. The molecule has 0 spiro atoms. The summed E-state index contributed by atoms with van der Waals surface area (Å²) in [5, 5.41) is 3.12. The Morgan fingerprint density at radius 1 is 1.15 bits per heavy atom. The van der Waals surface area contributed by atoms with Gasteiger partial charge in [0.25, 0.3) is 5.91 Å². The normalized spacial score (nSPS) is 22.1. The predicted octanol–water partition coefficient (Wildman–Crippen LogP) is 3.01. The van der Waals surface area contributed by atoms with Crippen LogP contribution in [0.25, 0.3) is 0 Å². The lowest BCUT2D eigenvalue weighted by Crippen LogP contribution is -2.37. The molecule has 4 nitrogen and oxygen atoms in total. The molecule has 1 aromatic rings. The summed E-state index contributed by atoms with van der Waals surface area (Å²) in [7, 11) is 3.17. The van der Waals surface area contributed by atoms with Gasteiger partial charge in [-0.2, -0.15) is 0 Å². The maximum absolute atomic E-state index is 12.3. The fourth-order valence-electron chi connectivity index (χ4n) is 2.77. The first-order valence-electron chi connectivity index (χ1n) is 7.16. The van der Waals surface area contributed by atoms with Gasteiger partial charge in [-0.05, 0) is 30.9 Å². The minimum Gasteiger partial charge on any atom is -0.497 e. The highest BCUT2D eigenvalue weighted by atomic mass is 16.5. The molecule has 0 aliphatic heterocycles. The fourth-order valence-corrected chi connectivity index (χ4v) is 2.77. The van der Waals surface area contributed by atoms with E-state index in [1.54, 1.807) is 32.4 Å². The number of methoxy groups -OCH3 is 2. The lowest BCUT2D eigenvalue weighted by molar-refractivity contribution is 0.0920. The van der Waals surface area contributed by atoms with Gasteiger partial charge in [0, 0.05) is 17.7 Å². The van der Waals surface area contributed by atoms with E-state index >= 15 is 0 Å². The van der Waals surface area contributed by atoms with E-state index in [9.17, 15) is 4.79 Å².